The van der Waals surface area contributed by atoms with E-state index in [1.165, 1.54) is 48.9 Å². The van der Waals surface area contributed by atoms with Crippen molar-refractivity contribution in [2.45, 2.75) is 32.2 Å². The van der Waals surface area contributed by atoms with Crippen molar-refractivity contribution in [2.24, 2.45) is 0 Å². The molecule has 1 aromatic heterocycles. The van der Waals surface area contributed by atoms with E-state index in [0.717, 1.165) is 0 Å². The van der Waals surface area contributed by atoms with Crippen molar-refractivity contribution in [2.75, 3.05) is 0 Å². The Hall–Kier alpha value is -3.58. The molecule has 0 saturated carbocycles. The van der Waals surface area contributed by atoms with Crippen molar-refractivity contribution in [1.29, 1.82) is 0 Å². The van der Waals surface area contributed by atoms with Gasteiger partial charge in [-0.15, -0.1) is 0 Å². The lowest BCUT2D eigenvalue weighted by atomic mass is 9.76. The molecule has 5 aromatic carbocycles. The molecular formula is C31H27N. The van der Waals surface area contributed by atoms with Gasteiger partial charge in [-0.1, -0.05) is 92.7 Å². The number of rotatable bonds is 3. The molecule has 156 valence electrons. The van der Waals surface area contributed by atoms with Gasteiger partial charge in [-0.25, -0.2) is 0 Å². The van der Waals surface area contributed by atoms with Crippen molar-refractivity contribution in [1.82, 2.24) is 4.57 Å². The van der Waals surface area contributed by atoms with Crippen LogP contribution in [0.15, 0.2) is 103 Å². The van der Waals surface area contributed by atoms with Crippen LogP contribution in [0.5, 0.6) is 0 Å². The minimum absolute atomic E-state index is 0.0769. The summed E-state index contributed by atoms with van der Waals surface area (Å²) in [6.45, 7) is 7.16. The number of hydrogen-bond donors (Lipinski definition) is 0. The fourth-order valence-corrected chi connectivity index (χ4v) is 5.45. The summed E-state index contributed by atoms with van der Waals surface area (Å²) in [4.78, 5) is 0. The molecule has 0 bridgehead atoms. The van der Waals surface area contributed by atoms with Crippen LogP contribution in [0.4, 0.5) is 0 Å². The summed E-state index contributed by atoms with van der Waals surface area (Å²) in [5.74, 6) is 0. The SMILES string of the molecule is CC(n1c2ccccc2c2ccccc21)C(C)(C)c1cccc2cc3ccccc3cc12. The molecule has 1 heteroatoms. The Balaban J connectivity index is 1.60. The largest absolute Gasteiger partial charge is 0.337 e. The summed E-state index contributed by atoms with van der Waals surface area (Å²) < 4.78 is 2.55. The van der Waals surface area contributed by atoms with Gasteiger partial charge in [0.2, 0.25) is 0 Å². The van der Waals surface area contributed by atoms with E-state index >= 15 is 0 Å². The molecule has 0 fully saturated rings. The maximum Gasteiger partial charge on any atom is 0.0494 e. The molecule has 1 nitrogen and oxygen atoms in total. The average molecular weight is 414 g/mol. The molecule has 6 rings (SSSR count). The first-order valence-electron chi connectivity index (χ1n) is 11.5. The third-order valence-electron chi connectivity index (χ3n) is 7.49. The van der Waals surface area contributed by atoms with Gasteiger partial charge >= 0.3 is 0 Å². The lowest BCUT2D eigenvalue weighted by Gasteiger charge is -2.35. The lowest BCUT2D eigenvalue weighted by molar-refractivity contribution is 0.356. The van der Waals surface area contributed by atoms with E-state index < -0.39 is 0 Å². The van der Waals surface area contributed by atoms with Gasteiger partial charge in [0.05, 0.1) is 0 Å². The van der Waals surface area contributed by atoms with E-state index in [1.54, 1.807) is 0 Å². The van der Waals surface area contributed by atoms with Gasteiger partial charge in [0, 0.05) is 33.3 Å². The topological polar surface area (TPSA) is 4.93 Å². The van der Waals surface area contributed by atoms with E-state index in [4.69, 9.17) is 0 Å². The predicted molar refractivity (Wildman–Crippen MR) is 139 cm³/mol. The lowest BCUT2D eigenvalue weighted by Crippen LogP contribution is -2.29. The Labute approximate surface area is 188 Å². The second-order valence-electron chi connectivity index (χ2n) is 9.53. The highest BCUT2D eigenvalue weighted by atomic mass is 15.0. The minimum Gasteiger partial charge on any atom is -0.337 e. The minimum atomic E-state index is -0.0769. The van der Waals surface area contributed by atoms with Gasteiger partial charge < -0.3 is 4.57 Å². The molecule has 0 aliphatic carbocycles. The maximum absolute atomic E-state index is 2.55. The molecule has 0 saturated heterocycles. The van der Waals surface area contributed by atoms with Gasteiger partial charge in [-0.3, -0.25) is 0 Å². The van der Waals surface area contributed by atoms with Crippen molar-refractivity contribution in [3.05, 3.63) is 109 Å². The van der Waals surface area contributed by atoms with Crippen LogP contribution in [0.1, 0.15) is 32.4 Å². The third-order valence-corrected chi connectivity index (χ3v) is 7.49. The van der Waals surface area contributed by atoms with Crippen LogP contribution < -0.4 is 0 Å². The number of aromatic nitrogens is 1. The maximum atomic E-state index is 2.55. The van der Waals surface area contributed by atoms with Crippen LogP contribution >= 0.6 is 0 Å². The second kappa shape index (κ2) is 6.97. The molecule has 0 radical (unpaired) electrons. The standard InChI is InChI=1S/C31H27N/c1-21(32-29-17-8-6-14-25(29)26-15-7-9-18-30(26)32)31(2,3)28-16-10-13-24-19-22-11-4-5-12-23(22)20-27(24)28/h4-21H,1-3H3. The Bertz CT molecular complexity index is 1560. The summed E-state index contributed by atoms with van der Waals surface area (Å²) in [5, 5.41) is 7.91. The molecule has 0 amide bonds. The zero-order chi connectivity index (χ0) is 21.9. The van der Waals surface area contributed by atoms with Crippen LogP contribution in [0, 0.1) is 0 Å². The Morgan fingerprint density at radius 3 is 1.75 bits per heavy atom. The first-order valence-corrected chi connectivity index (χ1v) is 11.5. The van der Waals surface area contributed by atoms with E-state index in [1.807, 2.05) is 0 Å². The van der Waals surface area contributed by atoms with Crippen molar-refractivity contribution >= 4 is 43.4 Å². The number of nitrogens with zero attached hydrogens (tertiary/aromatic N) is 1. The van der Waals surface area contributed by atoms with Crippen LogP contribution in [-0.2, 0) is 5.41 Å². The normalized spacial score (nSPS) is 13.3. The molecule has 0 spiro atoms. The van der Waals surface area contributed by atoms with Crippen molar-refractivity contribution < 1.29 is 0 Å². The molecule has 0 N–H and O–H groups in total. The average Bonchev–Trinajstić information content (AvgIpc) is 3.16. The van der Waals surface area contributed by atoms with Crippen molar-refractivity contribution in [3.63, 3.8) is 0 Å². The third kappa shape index (κ3) is 2.71. The highest BCUT2D eigenvalue weighted by Crippen LogP contribution is 2.43. The molecule has 1 heterocycles. The van der Waals surface area contributed by atoms with Crippen LogP contribution in [-0.4, -0.2) is 4.57 Å². The van der Waals surface area contributed by atoms with Crippen LogP contribution in [0.2, 0.25) is 0 Å². The number of fused-ring (bicyclic) bond motifs is 5. The zero-order valence-corrected chi connectivity index (χ0v) is 18.8. The van der Waals surface area contributed by atoms with E-state index in [-0.39, 0.29) is 11.5 Å². The number of para-hydroxylation sites is 2. The molecule has 6 aromatic rings. The highest BCUT2D eigenvalue weighted by Gasteiger charge is 2.32. The smallest absolute Gasteiger partial charge is 0.0494 e. The summed E-state index contributed by atoms with van der Waals surface area (Å²) in [7, 11) is 0. The van der Waals surface area contributed by atoms with E-state index in [0.29, 0.717) is 0 Å². The van der Waals surface area contributed by atoms with Crippen molar-refractivity contribution in [3.8, 4) is 0 Å². The van der Waals surface area contributed by atoms with Gasteiger partial charge in [0.1, 0.15) is 0 Å². The number of benzene rings is 5. The number of hydrogen-bond acceptors (Lipinski definition) is 0. The molecule has 32 heavy (non-hydrogen) atoms. The summed E-state index contributed by atoms with van der Waals surface area (Å²) in [5.41, 5.74) is 3.93. The van der Waals surface area contributed by atoms with E-state index in [9.17, 15) is 0 Å². The fraction of sp³-hybridized carbons (Fsp3) is 0.161. The van der Waals surface area contributed by atoms with Gasteiger partial charge in [0.15, 0.2) is 0 Å². The zero-order valence-electron chi connectivity index (χ0n) is 18.8. The Morgan fingerprint density at radius 2 is 1.09 bits per heavy atom. The first kappa shape index (κ1) is 19.1. The molecule has 1 unspecified atom stereocenters. The molecular weight excluding hydrogens is 386 g/mol. The van der Waals surface area contributed by atoms with E-state index in [2.05, 4.69) is 128 Å². The second-order valence-corrected chi connectivity index (χ2v) is 9.53. The highest BCUT2D eigenvalue weighted by molar-refractivity contribution is 6.08. The van der Waals surface area contributed by atoms with Crippen LogP contribution in [0.25, 0.3) is 43.4 Å². The predicted octanol–water partition coefficient (Wildman–Crippen LogP) is 8.64. The van der Waals surface area contributed by atoms with Gasteiger partial charge in [-0.05, 0) is 58.3 Å². The Kier molecular flexibility index (Phi) is 4.16. The summed E-state index contributed by atoms with van der Waals surface area (Å²) in [6, 6.07) is 38.0. The van der Waals surface area contributed by atoms with Gasteiger partial charge in [0.25, 0.3) is 0 Å². The quantitative estimate of drug-likeness (QED) is 0.256. The Morgan fingerprint density at radius 1 is 0.562 bits per heavy atom. The molecule has 0 aliphatic rings. The fourth-order valence-electron chi connectivity index (χ4n) is 5.45. The summed E-state index contributed by atoms with van der Waals surface area (Å²) >= 11 is 0. The summed E-state index contributed by atoms with van der Waals surface area (Å²) in [6.07, 6.45) is 0. The molecule has 1 atom stereocenters. The van der Waals surface area contributed by atoms with Crippen LogP contribution in [0.3, 0.4) is 0 Å². The molecule has 0 aliphatic heterocycles. The monoisotopic (exact) mass is 413 g/mol. The first-order chi connectivity index (χ1) is 15.6. The van der Waals surface area contributed by atoms with Gasteiger partial charge in [-0.2, -0.15) is 0 Å².